The molecule has 0 saturated heterocycles. The molecule has 0 rings (SSSR count). The van der Waals surface area contributed by atoms with Crippen LogP contribution in [0.15, 0.2) is 0 Å². The Morgan fingerprint density at radius 3 is 1.75 bits per heavy atom. The third-order valence-electron chi connectivity index (χ3n) is 0.530. The highest BCUT2D eigenvalue weighted by molar-refractivity contribution is 8.01. The topological polar surface area (TPSA) is 23.8 Å². The summed E-state index contributed by atoms with van der Waals surface area (Å²) in [6, 6.07) is 0. The maximum absolute atomic E-state index is 7.20. The van der Waals surface area contributed by atoms with Crippen LogP contribution in [0.1, 0.15) is 27.7 Å². The normalized spacial score (nSPS) is 16.1. The maximum Gasteiger partial charge on any atom is 0.0643 e. The van der Waals surface area contributed by atoms with Gasteiger partial charge in [-0.25, -0.2) is 5.73 Å². The second-order valence-corrected chi connectivity index (χ2v) is 5.04. The molecule has 1 unspecified atom stereocenters. The molecule has 0 aliphatic rings. The lowest BCUT2D eigenvalue weighted by molar-refractivity contribution is 0.790. The molecular formula is C6H14NS. The van der Waals surface area contributed by atoms with Gasteiger partial charge in [-0.15, -0.1) is 11.8 Å². The Morgan fingerprint density at radius 2 is 1.75 bits per heavy atom. The Labute approximate surface area is 56.0 Å². The van der Waals surface area contributed by atoms with Crippen LogP contribution >= 0.6 is 11.8 Å². The van der Waals surface area contributed by atoms with Gasteiger partial charge in [0.2, 0.25) is 0 Å². The van der Waals surface area contributed by atoms with E-state index in [0.29, 0.717) is 0 Å². The number of thioether (sulfide) groups is 1. The maximum atomic E-state index is 7.20. The predicted molar refractivity (Wildman–Crippen MR) is 39.9 cm³/mol. The van der Waals surface area contributed by atoms with Crippen LogP contribution in [-0.4, -0.2) is 10.1 Å². The molecule has 0 aromatic rings. The van der Waals surface area contributed by atoms with Crippen molar-refractivity contribution in [2.75, 3.05) is 0 Å². The highest BCUT2D eigenvalue weighted by Gasteiger charge is 2.12. The van der Waals surface area contributed by atoms with E-state index < -0.39 is 0 Å². The Balaban J connectivity index is 3.39. The van der Waals surface area contributed by atoms with Crippen LogP contribution in [0.3, 0.4) is 0 Å². The molecule has 0 aromatic carbocycles. The Hall–Kier alpha value is 0.310. The van der Waals surface area contributed by atoms with Crippen LogP contribution in [0, 0.1) is 0 Å². The minimum atomic E-state index is 0.00926. The largest absolute Gasteiger partial charge is 0.244 e. The van der Waals surface area contributed by atoms with E-state index in [0.717, 1.165) is 0 Å². The summed E-state index contributed by atoms with van der Waals surface area (Å²) in [5.74, 6) is 0. The van der Waals surface area contributed by atoms with Gasteiger partial charge in [0.1, 0.15) is 0 Å². The fourth-order valence-corrected chi connectivity index (χ4v) is 1.59. The summed E-state index contributed by atoms with van der Waals surface area (Å²) in [7, 11) is 0. The minimum absolute atomic E-state index is 0.00926. The third-order valence-corrected chi connectivity index (χ3v) is 1.59. The van der Waals surface area contributed by atoms with Gasteiger partial charge in [-0.05, 0) is 6.92 Å². The lowest BCUT2D eigenvalue weighted by Gasteiger charge is -2.19. The van der Waals surface area contributed by atoms with Crippen molar-refractivity contribution >= 4 is 11.8 Å². The van der Waals surface area contributed by atoms with Gasteiger partial charge >= 0.3 is 0 Å². The van der Waals surface area contributed by atoms with Gasteiger partial charge in [-0.3, -0.25) is 0 Å². The van der Waals surface area contributed by atoms with Crippen LogP contribution in [0.2, 0.25) is 0 Å². The van der Waals surface area contributed by atoms with Crippen LogP contribution in [-0.2, 0) is 0 Å². The van der Waals surface area contributed by atoms with E-state index in [1.807, 2.05) is 6.92 Å². The highest BCUT2D eigenvalue weighted by atomic mass is 32.2. The molecule has 0 fully saturated rings. The Bertz CT molecular complexity index is 63.4. The van der Waals surface area contributed by atoms with Gasteiger partial charge in [0.05, 0.1) is 5.37 Å². The summed E-state index contributed by atoms with van der Waals surface area (Å²) in [4.78, 5) is 0. The average molecular weight is 132 g/mol. The van der Waals surface area contributed by atoms with E-state index >= 15 is 0 Å². The lowest BCUT2D eigenvalue weighted by atomic mass is 10.3. The molecule has 0 bridgehead atoms. The summed E-state index contributed by atoms with van der Waals surface area (Å²) < 4.78 is 0.251. The van der Waals surface area contributed by atoms with Gasteiger partial charge in [0.15, 0.2) is 0 Å². The van der Waals surface area contributed by atoms with E-state index in [-0.39, 0.29) is 10.1 Å². The summed E-state index contributed by atoms with van der Waals surface area (Å²) in [5.41, 5.74) is 7.20. The van der Waals surface area contributed by atoms with Gasteiger partial charge in [-0.2, -0.15) is 0 Å². The zero-order chi connectivity index (χ0) is 6.78. The van der Waals surface area contributed by atoms with Crippen molar-refractivity contribution in [3.05, 3.63) is 0 Å². The van der Waals surface area contributed by atoms with Crippen molar-refractivity contribution in [1.29, 1.82) is 0 Å². The first kappa shape index (κ1) is 8.31. The fraction of sp³-hybridized carbons (Fsp3) is 1.00. The fourth-order valence-electron chi connectivity index (χ4n) is 0.530. The van der Waals surface area contributed by atoms with E-state index in [1.165, 1.54) is 0 Å². The van der Waals surface area contributed by atoms with Crippen molar-refractivity contribution in [2.45, 2.75) is 37.8 Å². The average Bonchev–Trinajstić information content (AvgIpc) is 1.21. The van der Waals surface area contributed by atoms with Crippen molar-refractivity contribution in [2.24, 2.45) is 0 Å². The van der Waals surface area contributed by atoms with Crippen LogP contribution in [0.4, 0.5) is 0 Å². The molecule has 1 radical (unpaired) electrons. The minimum Gasteiger partial charge on any atom is -0.244 e. The van der Waals surface area contributed by atoms with Gasteiger partial charge in [0.25, 0.3) is 0 Å². The number of rotatable bonds is 1. The molecular weight excluding hydrogens is 118 g/mol. The highest BCUT2D eigenvalue weighted by Crippen LogP contribution is 2.25. The second-order valence-electron chi connectivity index (χ2n) is 2.87. The molecule has 0 aromatic heterocycles. The smallest absolute Gasteiger partial charge is 0.0643 e. The van der Waals surface area contributed by atoms with Crippen LogP contribution < -0.4 is 5.73 Å². The number of nitrogens with one attached hydrogen (secondary N) is 1. The molecule has 1 atom stereocenters. The number of hydrogen-bond acceptors (Lipinski definition) is 1. The zero-order valence-electron chi connectivity index (χ0n) is 5.99. The van der Waals surface area contributed by atoms with Crippen LogP contribution in [0.5, 0.6) is 0 Å². The molecule has 0 amide bonds. The molecule has 0 saturated carbocycles. The first-order valence-corrected chi connectivity index (χ1v) is 3.69. The second kappa shape index (κ2) is 2.74. The molecule has 2 heteroatoms. The van der Waals surface area contributed by atoms with E-state index in [4.69, 9.17) is 5.73 Å². The summed E-state index contributed by atoms with van der Waals surface area (Å²) in [6.45, 7) is 8.28. The molecule has 8 heavy (non-hydrogen) atoms. The monoisotopic (exact) mass is 132 g/mol. The first-order valence-electron chi connectivity index (χ1n) is 2.81. The van der Waals surface area contributed by atoms with Crippen molar-refractivity contribution < 1.29 is 0 Å². The van der Waals surface area contributed by atoms with E-state index in [9.17, 15) is 0 Å². The molecule has 1 nitrogen and oxygen atoms in total. The molecule has 49 valence electrons. The number of hydrogen-bond donors (Lipinski definition) is 0. The van der Waals surface area contributed by atoms with Gasteiger partial charge < -0.3 is 0 Å². The van der Waals surface area contributed by atoms with Crippen molar-refractivity contribution in [3.63, 3.8) is 0 Å². The van der Waals surface area contributed by atoms with E-state index in [2.05, 4.69) is 20.8 Å². The quantitative estimate of drug-likeness (QED) is 0.536. The first-order chi connectivity index (χ1) is 3.42. The zero-order valence-corrected chi connectivity index (χ0v) is 6.80. The SMILES string of the molecule is CC([NH])SC(C)(C)C. The van der Waals surface area contributed by atoms with Crippen molar-refractivity contribution in [1.82, 2.24) is 5.73 Å². The van der Waals surface area contributed by atoms with Gasteiger partial charge in [-0.1, -0.05) is 20.8 Å². The summed E-state index contributed by atoms with van der Waals surface area (Å²) in [6.07, 6.45) is 0. The molecule has 0 spiro atoms. The standard InChI is InChI=1S/C6H14NS/c1-5(7)8-6(2,3)4/h5,7H,1-4H3. The third kappa shape index (κ3) is 6.31. The Morgan fingerprint density at radius 1 is 1.38 bits per heavy atom. The van der Waals surface area contributed by atoms with Crippen molar-refractivity contribution in [3.8, 4) is 0 Å². The summed E-state index contributed by atoms with van der Waals surface area (Å²) in [5, 5.41) is 0.00926. The molecule has 0 aliphatic carbocycles. The lowest BCUT2D eigenvalue weighted by Crippen LogP contribution is -2.13. The van der Waals surface area contributed by atoms with Crippen LogP contribution in [0.25, 0.3) is 0 Å². The molecule has 0 heterocycles. The molecule has 0 aliphatic heterocycles. The summed E-state index contributed by atoms with van der Waals surface area (Å²) >= 11 is 1.68. The van der Waals surface area contributed by atoms with E-state index in [1.54, 1.807) is 11.8 Å². The Kier molecular flexibility index (Phi) is 2.84. The molecule has 1 N–H and O–H groups in total. The predicted octanol–water partition coefficient (Wildman–Crippen LogP) is 2.15. The van der Waals surface area contributed by atoms with Gasteiger partial charge in [0, 0.05) is 4.75 Å².